The maximum absolute atomic E-state index is 8.58. The molecule has 0 aliphatic heterocycles. The number of nitrogens with zero attached hydrogens (tertiary/aromatic N) is 1. The molecule has 1 fully saturated rings. The Labute approximate surface area is 36.2 Å². The van der Waals surface area contributed by atoms with Crippen molar-refractivity contribution in [3.63, 3.8) is 0 Å². The number of hydrogen-bond donors (Lipinski definition) is 1. The highest BCUT2D eigenvalue weighted by Gasteiger charge is 2.48. The van der Waals surface area contributed by atoms with Crippen LogP contribution < -0.4 is 0 Å². The van der Waals surface area contributed by atoms with Crippen LogP contribution in [0.5, 0.6) is 0 Å². The number of aliphatic hydroxyl groups is 1. The molecule has 6 heavy (non-hydrogen) atoms. The fourth-order valence-corrected chi connectivity index (χ4v) is 0.224. The van der Waals surface area contributed by atoms with Crippen LogP contribution in [0, 0.1) is 6.57 Å². The monoisotopic (exact) mass is 83.0 g/mol. The largest absolute Gasteiger partial charge is 0.335 e. The van der Waals surface area contributed by atoms with Gasteiger partial charge in [0.15, 0.2) is 0 Å². The highest BCUT2D eigenvalue weighted by molar-refractivity contribution is 5.00. The van der Waals surface area contributed by atoms with Gasteiger partial charge in [-0.25, -0.2) is 6.57 Å². The molecule has 0 aromatic heterocycles. The Hall–Kier alpha value is -0.550. The second-order valence-electron chi connectivity index (χ2n) is 1.59. The molecule has 0 radical (unpaired) electrons. The quantitative estimate of drug-likeness (QED) is 0.421. The Morgan fingerprint density at radius 3 is 2.17 bits per heavy atom. The van der Waals surface area contributed by atoms with E-state index in [-0.39, 0.29) is 0 Å². The zero-order chi connectivity index (χ0) is 4.62. The molecule has 1 aliphatic rings. The fraction of sp³-hybridized carbons (Fsp3) is 0.750. The Balaban J connectivity index is 2.54. The Morgan fingerprint density at radius 1 is 1.67 bits per heavy atom. The Morgan fingerprint density at radius 2 is 2.17 bits per heavy atom. The van der Waals surface area contributed by atoms with E-state index in [2.05, 4.69) is 4.85 Å². The van der Waals surface area contributed by atoms with Gasteiger partial charge >= 0.3 is 5.72 Å². The van der Waals surface area contributed by atoms with Crippen LogP contribution in [0.15, 0.2) is 0 Å². The van der Waals surface area contributed by atoms with Crippen LogP contribution >= 0.6 is 0 Å². The lowest BCUT2D eigenvalue weighted by Crippen LogP contribution is -1.94. The zero-order valence-electron chi connectivity index (χ0n) is 3.31. The predicted molar refractivity (Wildman–Crippen MR) is 20.8 cm³/mol. The van der Waals surface area contributed by atoms with Crippen molar-refractivity contribution in [3.05, 3.63) is 11.4 Å². The highest BCUT2D eigenvalue weighted by atomic mass is 16.3. The van der Waals surface area contributed by atoms with Gasteiger partial charge in [-0.15, -0.1) is 0 Å². The van der Waals surface area contributed by atoms with E-state index in [0.717, 1.165) is 0 Å². The van der Waals surface area contributed by atoms with Gasteiger partial charge in [-0.05, 0) is 0 Å². The van der Waals surface area contributed by atoms with Crippen LogP contribution in [-0.4, -0.2) is 10.8 Å². The van der Waals surface area contributed by atoms with E-state index in [0.29, 0.717) is 12.8 Å². The van der Waals surface area contributed by atoms with E-state index in [1.165, 1.54) is 0 Å². The summed E-state index contributed by atoms with van der Waals surface area (Å²) in [5, 5.41) is 8.58. The van der Waals surface area contributed by atoms with Gasteiger partial charge in [-0.2, -0.15) is 0 Å². The lowest BCUT2D eigenvalue weighted by atomic mass is 10.7. The molecular weight excluding hydrogens is 78.0 g/mol. The summed E-state index contributed by atoms with van der Waals surface area (Å²) >= 11 is 0. The molecular formula is C4H5NO. The minimum atomic E-state index is -0.917. The first kappa shape index (κ1) is 3.63. The summed E-state index contributed by atoms with van der Waals surface area (Å²) < 4.78 is 0. The second kappa shape index (κ2) is 0.742. The topological polar surface area (TPSA) is 24.6 Å². The smallest absolute Gasteiger partial charge is 0.324 e. The van der Waals surface area contributed by atoms with E-state index >= 15 is 0 Å². The molecule has 0 atom stereocenters. The van der Waals surface area contributed by atoms with Gasteiger partial charge < -0.3 is 5.11 Å². The summed E-state index contributed by atoms with van der Waals surface area (Å²) in [6.07, 6.45) is 1.35. The van der Waals surface area contributed by atoms with Gasteiger partial charge in [0.2, 0.25) is 0 Å². The summed E-state index contributed by atoms with van der Waals surface area (Å²) in [6.45, 7) is 6.29. The first-order valence-corrected chi connectivity index (χ1v) is 1.88. The van der Waals surface area contributed by atoms with Crippen molar-refractivity contribution in [1.82, 2.24) is 0 Å². The van der Waals surface area contributed by atoms with Crippen molar-refractivity contribution in [2.45, 2.75) is 18.6 Å². The maximum Gasteiger partial charge on any atom is 0.335 e. The zero-order valence-corrected chi connectivity index (χ0v) is 3.31. The maximum atomic E-state index is 8.58. The molecule has 1 aliphatic carbocycles. The molecule has 0 heterocycles. The van der Waals surface area contributed by atoms with E-state index < -0.39 is 5.72 Å². The second-order valence-corrected chi connectivity index (χ2v) is 1.59. The van der Waals surface area contributed by atoms with Crippen molar-refractivity contribution in [2.75, 3.05) is 0 Å². The summed E-state index contributed by atoms with van der Waals surface area (Å²) in [7, 11) is 0. The lowest BCUT2D eigenvalue weighted by Gasteiger charge is -1.80. The molecule has 2 nitrogen and oxygen atoms in total. The van der Waals surface area contributed by atoms with Gasteiger partial charge in [0, 0.05) is 0 Å². The van der Waals surface area contributed by atoms with Gasteiger partial charge in [-0.3, -0.25) is 4.85 Å². The standard InChI is InChI=1S/C4H5NO/c1-5-4(6)2-3-4/h6H,2-3H2. The normalized spacial score (nSPS) is 25.3. The van der Waals surface area contributed by atoms with Gasteiger partial charge in [-0.1, -0.05) is 0 Å². The van der Waals surface area contributed by atoms with Crippen LogP contribution in [0.2, 0.25) is 0 Å². The van der Waals surface area contributed by atoms with Crippen LogP contribution in [0.3, 0.4) is 0 Å². The third-order valence-electron chi connectivity index (χ3n) is 0.905. The molecule has 0 aromatic rings. The average molecular weight is 83.1 g/mol. The first-order chi connectivity index (χ1) is 2.77. The molecule has 2 heteroatoms. The van der Waals surface area contributed by atoms with E-state index in [9.17, 15) is 0 Å². The van der Waals surface area contributed by atoms with Crippen molar-refractivity contribution < 1.29 is 5.11 Å². The van der Waals surface area contributed by atoms with Crippen LogP contribution in [0.1, 0.15) is 12.8 Å². The molecule has 1 rings (SSSR count). The van der Waals surface area contributed by atoms with Crippen molar-refractivity contribution in [3.8, 4) is 0 Å². The molecule has 0 unspecified atom stereocenters. The van der Waals surface area contributed by atoms with Gasteiger partial charge in [0.25, 0.3) is 0 Å². The summed E-state index contributed by atoms with van der Waals surface area (Å²) in [6, 6.07) is 0. The number of hydrogen-bond acceptors (Lipinski definition) is 1. The summed E-state index contributed by atoms with van der Waals surface area (Å²) in [4.78, 5) is 2.94. The molecule has 0 spiro atoms. The Bertz CT molecular complexity index is 98.6. The molecule has 1 N–H and O–H groups in total. The molecule has 0 bridgehead atoms. The fourth-order valence-electron chi connectivity index (χ4n) is 0.224. The predicted octanol–water partition coefficient (Wildman–Crippen LogP) is 0.388. The highest BCUT2D eigenvalue weighted by Crippen LogP contribution is 2.35. The molecule has 32 valence electrons. The van der Waals surface area contributed by atoms with Crippen LogP contribution in [-0.2, 0) is 0 Å². The van der Waals surface area contributed by atoms with Gasteiger partial charge in [0.05, 0.1) is 12.8 Å². The summed E-state index contributed by atoms with van der Waals surface area (Å²) in [5.74, 6) is 0. The van der Waals surface area contributed by atoms with Gasteiger partial charge in [0.1, 0.15) is 0 Å². The van der Waals surface area contributed by atoms with E-state index in [1.54, 1.807) is 0 Å². The van der Waals surface area contributed by atoms with Crippen LogP contribution in [0.4, 0.5) is 0 Å². The lowest BCUT2D eigenvalue weighted by molar-refractivity contribution is 0.199. The molecule has 0 amide bonds. The Kier molecular flexibility index (Phi) is 0.449. The van der Waals surface area contributed by atoms with Crippen molar-refractivity contribution >= 4 is 0 Å². The van der Waals surface area contributed by atoms with Crippen molar-refractivity contribution in [1.29, 1.82) is 0 Å². The van der Waals surface area contributed by atoms with Crippen molar-refractivity contribution in [2.24, 2.45) is 0 Å². The third-order valence-corrected chi connectivity index (χ3v) is 0.905. The summed E-state index contributed by atoms with van der Waals surface area (Å²) in [5.41, 5.74) is -0.917. The minimum absolute atomic E-state index is 0.677. The van der Waals surface area contributed by atoms with E-state index in [4.69, 9.17) is 11.7 Å². The number of rotatable bonds is 0. The van der Waals surface area contributed by atoms with Crippen LogP contribution in [0.25, 0.3) is 4.85 Å². The first-order valence-electron chi connectivity index (χ1n) is 1.88. The molecule has 0 aromatic carbocycles. The SMILES string of the molecule is [C-]#[N+]C1(O)CC1. The molecule has 0 saturated heterocycles. The molecule has 1 saturated carbocycles. The van der Waals surface area contributed by atoms with E-state index in [1.807, 2.05) is 0 Å². The minimum Gasteiger partial charge on any atom is -0.324 e. The average Bonchev–Trinajstić information content (AvgIpc) is 2.22. The third kappa shape index (κ3) is 0.373.